The minimum atomic E-state index is -0.387. The number of thiophene rings is 2. The first-order chi connectivity index (χ1) is 16.1. The number of methoxy groups -OCH3 is 1. The Bertz CT molecular complexity index is 1130. The van der Waals surface area contributed by atoms with Gasteiger partial charge in [0, 0.05) is 11.4 Å². The number of esters is 1. The van der Waals surface area contributed by atoms with Crippen molar-refractivity contribution in [1.29, 1.82) is 0 Å². The standard InChI is InChI=1S/C23H26N4O3S3/c1-3-12-27-20(17-11-8-13-31-17)25-26-23(27)32-14-18(28)24-21-19(22(29)30-2)15-9-6-4-5-7-10-16(15)33-21/h3,8,11,13H,1,4-7,9-10,12,14H2,2H3,(H,24,28). The molecule has 0 aromatic carbocycles. The van der Waals surface area contributed by atoms with Crippen LogP contribution in [0.25, 0.3) is 10.7 Å². The van der Waals surface area contributed by atoms with E-state index in [0.29, 0.717) is 22.3 Å². The monoisotopic (exact) mass is 502 g/mol. The van der Waals surface area contributed by atoms with Gasteiger partial charge in [-0.05, 0) is 42.7 Å². The minimum Gasteiger partial charge on any atom is -0.465 e. The molecule has 1 amide bonds. The largest absolute Gasteiger partial charge is 0.465 e. The number of ether oxygens (including phenoxy) is 1. The summed E-state index contributed by atoms with van der Waals surface area (Å²) in [6.45, 7) is 4.38. The Morgan fingerprint density at radius 3 is 2.82 bits per heavy atom. The third-order valence-corrected chi connectivity index (χ3v) is 8.46. The van der Waals surface area contributed by atoms with Crippen LogP contribution in [0.15, 0.2) is 35.3 Å². The van der Waals surface area contributed by atoms with E-state index in [1.165, 1.54) is 41.5 Å². The molecule has 1 N–H and O–H groups in total. The number of carbonyl (C=O) groups excluding carboxylic acids is 2. The zero-order valence-corrected chi connectivity index (χ0v) is 20.9. The predicted octanol–water partition coefficient (Wildman–Crippen LogP) is 5.43. The molecule has 1 aliphatic rings. The summed E-state index contributed by atoms with van der Waals surface area (Å²) >= 11 is 4.41. The first-order valence-corrected chi connectivity index (χ1v) is 13.5. The maximum atomic E-state index is 12.8. The highest BCUT2D eigenvalue weighted by Crippen LogP contribution is 2.37. The van der Waals surface area contributed by atoms with Gasteiger partial charge in [-0.2, -0.15) is 0 Å². The van der Waals surface area contributed by atoms with Gasteiger partial charge in [-0.3, -0.25) is 9.36 Å². The van der Waals surface area contributed by atoms with Crippen LogP contribution in [0.3, 0.4) is 0 Å². The van der Waals surface area contributed by atoms with Crippen LogP contribution in [0.1, 0.15) is 46.5 Å². The normalized spacial score (nSPS) is 13.6. The first-order valence-electron chi connectivity index (χ1n) is 10.9. The molecule has 3 aromatic heterocycles. The maximum absolute atomic E-state index is 12.8. The number of nitrogens with one attached hydrogen (secondary N) is 1. The van der Waals surface area contributed by atoms with Crippen molar-refractivity contribution >= 4 is 51.3 Å². The van der Waals surface area contributed by atoms with Crippen LogP contribution < -0.4 is 5.32 Å². The Morgan fingerprint density at radius 1 is 1.27 bits per heavy atom. The fraction of sp³-hybridized carbons (Fsp3) is 0.391. The van der Waals surface area contributed by atoms with E-state index >= 15 is 0 Å². The van der Waals surface area contributed by atoms with Crippen molar-refractivity contribution in [1.82, 2.24) is 14.8 Å². The van der Waals surface area contributed by atoms with E-state index in [2.05, 4.69) is 22.1 Å². The van der Waals surface area contributed by atoms with E-state index in [1.807, 2.05) is 22.1 Å². The lowest BCUT2D eigenvalue weighted by Crippen LogP contribution is -2.17. The summed E-state index contributed by atoms with van der Waals surface area (Å²) in [6.07, 6.45) is 8.07. The molecule has 33 heavy (non-hydrogen) atoms. The number of hydrogen-bond donors (Lipinski definition) is 1. The quantitative estimate of drug-likeness (QED) is 0.251. The molecule has 0 spiro atoms. The average Bonchev–Trinajstić information content (AvgIpc) is 3.52. The van der Waals surface area contributed by atoms with Gasteiger partial charge in [0.1, 0.15) is 5.00 Å². The molecule has 0 saturated carbocycles. The van der Waals surface area contributed by atoms with Crippen molar-refractivity contribution < 1.29 is 14.3 Å². The average molecular weight is 503 g/mol. The van der Waals surface area contributed by atoms with Crippen LogP contribution in [-0.4, -0.2) is 39.5 Å². The van der Waals surface area contributed by atoms with E-state index in [4.69, 9.17) is 4.74 Å². The van der Waals surface area contributed by atoms with Gasteiger partial charge in [-0.1, -0.05) is 36.7 Å². The number of rotatable bonds is 8. The van der Waals surface area contributed by atoms with Crippen molar-refractivity contribution in [3.8, 4) is 10.7 Å². The van der Waals surface area contributed by atoms with Crippen LogP contribution in [0.5, 0.6) is 0 Å². The van der Waals surface area contributed by atoms with E-state index in [-0.39, 0.29) is 17.6 Å². The molecule has 7 nitrogen and oxygen atoms in total. The van der Waals surface area contributed by atoms with Gasteiger partial charge >= 0.3 is 5.97 Å². The lowest BCUT2D eigenvalue weighted by Gasteiger charge is -2.11. The molecule has 0 unspecified atom stereocenters. The summed E-state index contributed by atoms with van der Waals surface area (Å²) in [7, 11) is 1.38. The fourth-order valence-electron chi connectivity index (χ4n) is 3.90. The van der Waals surface area contributed by atoms with Crippen molar-refractivity contribution in [2.45, 2.75) is 50.2 Å². The number of nitrogens with zero attached hydrogens (tertiary/aromatic N) is 3. The van der Waals surface area contributed by atoms with Crippen LogP contribution >= 0.6 is 34.4 Å². The van der Waals surface area contributed by atoms with Crippen molar-refractivity contribution in [3.05, 3.63) is 46.2 Å². The highest BCUT2D eigenvalue weighted by Gasteiger charge is 2.26. The Hall–Kier alpha value is -2.43. The second-order valence-corrected chi connectivity index (χ2v) is 10.6. The number of allylic oxidation sites excluding steroid dienone is 1. The summed E-state index contributed by atoms with van der Waals surface area (Å²) in [5.41, 5.74) is 1.56. The Kier molecular flexibility index (Phi) is 8.00. The molecule has 0 atom stereocenters. The lowest BCUT2D eigenvalue weighted by atomic mass is 9.96. The van der Waals surface area contributed by atoms with Gasteiger partial charge in [0.05, 0.1) is 23.3 Å². The zero-order valence-electron chi connectivity index (χ0n) is 18.5. The van der Waals surface area contributed by atoms with E-state index < -0.39 is 0 Å². The number of hydrogen-bond acceptors (Lipinski definition) is 8. The lowest BCUT2D eigenvalue weighted by molar-refractivity contribution is -0.113. The maximum Gasteiger partial charge on any atom is 0.341 e. The van der Waals surface area contributed by atoms with E-state index in [0.717, 1.165) is 48.4 Å². The highest BCUT2D eigenvalue weighted by molar-refractivity contribution is 7.99. The molecular formula is C23H26N4O3S3. The van der Waals surface area contributed by atoms with Gasteiger partial charge in [0.2, 0.25) is 5.91 Å². The SMILES string of the molecule is C=CCn1c(SCC(=O)Nc2sc3c(c2C(=O)OC)CCCCCC3)nnc1-c1cccs1. The molecule has 0 aliphatic heterocycles. The fourth-order valence-corrected chi connectivity index (χ4v) is 6.65. The number of thioether (sulfide) groups is 1. The highest BCUT2D eigenvalue weighted by atomic mass is 32.2. The minimum absolute atomic E-state index is 0.156. The molecule has 0 bridgehead atoms. The van der Waals surface area contributed by atoms with Crippen LogP contribution in [0, 0.1) is 0 Å². The Balaban J connectivity index is 1.50. The summed E-state index contributed by atoms with van der Waals surface area (Å²) in [6, 6.07) is 3.96. The van der Waals surface area contributed by atoms with Crippen LogP contribution in [-0.2, 0) is 28.9 Å². The molecule has 4 rings (SSSR count). The van der Waals surface area contributed by atoms with Crippen molar-refractivity contribution in [2.24, 2.45) is 0 Å². The van der Waals surface area contributed by atoms with Gasteiger partial charge in [0.25, 0.3) is 0 Å². The number of aryl methyl sites for hydroxylation is 1. The molecule has 1 aliphatic carbocycles. The van der Waals surface area contributed by atoms with E-state index in [9.17, 15) is 9.59 Å². The van der Waals surface area contributed by atoms with Gasteiger partial charge < -0.3 is 10.1 Å². The molecule has 0 radical (unpaired) electrons. The van der Waals surface area contributed by atoms with Crippen LogP contribution in [0.4, 0.5) is 5.00 Å². The van der Waals surface area contributed by atoms with Gasteiger partial charge in [-0.15, -0.1) is 39.4 Å². The summed E-state index contributed by atoms with van der Waals surface area (Å²) < 4.78 is 7.00. The molecule has 10 heteroatoms. The van der Waals surface area contributed by atoms with E-state index in [1.54, 1.807) is 17.4 Å². The number of anilines is 1. The van der Waals surface area contributed by atoms with Crippen LogP contribution in [0.2, 0.25) is 0 Å². The molecule has 0 saturated heterocycles. The third kappa shape index (κ3) is 5.39. The first kappa shape index (κ1) is 23.7. The number of amides is 1. The second kappa shape index (κ2) is 11.1. The predicted molar refractivity (Wildman–Crippen MR) is 134 cm³/mol. The van der Waals surface area contributed by atoms with Crippen molar-refractivity contribution in [3.63, 3.8) is 0 Å². The summed E-state index contributed by atoms with van der Waals surface area (Å²) in [5, 5.41) is 14.8. The molecule has 0 fully saturated rings. The molecular weight excluding hydrogens is 476 g/mol. The molecule has 3 heterocycles. The second-order valence-electron chi connectivity index (χ2n) is 7.63. The molecule has 3 aromatic rings. The zero-order chi connectivity index (χ0) is 23.2. The third-order valence-electron chi connectivity index (χ3n) is 5.42. The number of aromatic nitrogens is 3. The Labute approximate surface area is 205 Å². The summed E-state index contributed by atoms with van der Waals surface area (Å²) in [4.78, 5) is 27.6. The topological polar surface area (TPSA) is 86.1 Å². The number of fused-ring (bicyclic) bond motifs is 1. The van der Waals surface area contributed by atoms with Gasteiger partial charge in [0.15, 0.2) is 11.0 Å². The molecule has 174 valence electrons. The number of carbonyl (C=O) groups is 2. The summed E-state index contributed by atoms with van der Waals surface area (Å²) in [5.74, 6) is 0.342. The smallest absolute Gasteiger partial charge is 0.341 e. The van der Waals surface area contributed by atoms with Crippen molar-refractivity contribution in [2.75, 3.05) is 18.2 Å². The van der Waals surface area contributed by atoms with Gasteiger partial charge in [-0.25, -0.2) is 4.79 Å². The Morgan fingerprint density at radius 2 is 2.09 bits per heavy atom.